The second kappa shape index (κ2) is 3.78. The highest BCUT2D eigenvalue weighted by atomic mass is 32.2. The molecule has 5 nitrogen and oxygen atoms in total. The largest absolute Gasteiger partial charge is 0.345 e. The van der Waals surface area contributed by atoms with E-state index in [4.69, 9.17) is 0 Å². The zero-order chi connectivity index (χ0) is 16.4. The molecule has 24 heavy (non-hydrogen) atoms. The monoisotopic (exact) mass is 339 g/mol. The van der Waals surface area contributed by atoms with Crippen molar-refractivity contribution in [1.29, 1.82) is 0 Å². The first-order valence-electron chi connectivity index (χ1n) is 8.36. The summed E-state index contributed by atoms with van der Waals surface area (Å²) in [5.41, 5.74) is 3.90. The molecule has 1 N–H and O–H groups in total. The van der Waals surface area contributed by atoms with Crippen LogP contribution in [0.4, 0.5) is 17.1 Å². The number of hydrogen-bond acceptors (Lipinski definition) is 5. The minimum absolute atomic E-state index is 0.148. The summed E-state index contributed by atoms with van der Waals surface area (Å²) in [7, 11) is -3.48. The molecule has 4 aliphatic heterocycles. The normalized spacial score (nSPS) is 29.5. The van der Waals surface area contributed by atoms with Crippen LogP contribution in [-0.2, 0) is 9.84 Å². The Kier molecular flexibility index (Phi) is 2.09. The van der Waals surface area contributed by atoms with Gasteiger partial charge in [-0.05, 0) is 37.6 Å². The lowest BCUT2D eigenvalue weighted by Crippen LogP contribution is -2.51. The van der Waals surface area contributed by atoms with Crippen molar-refractivity contribution < 1.29 is 8.42 Å². The molecule has 2 aromatic carbocycles. The van der Waals surface area contributed by atoms with Gasteiger partial charge in [0.05, 0.1) is 38.9 Å². The molecule has 0 aliphatic carbocycles. The van der Waals surface area contributed by atoms with Crippen LogP contribution in [0.5, 0.6) is 0 Å². The van der Waals surface area contributed by atoms with Crippen LogP contribution in [0.2, 0.25) is 0 Å². The molecule has 4 aliphatic rings. The molecule has 0 spiro atoms. The zero-order valence-corrected chi connectivity index (χ0v) is 14.2. The van der Waals surface area contributed by atoms with Gasteiger partial charge in [-0.2, -0.15) is 0 Å². The number of nitrogens with zero attached hydrogens (tertiary/aromatic N) is 2. The summed E-state index contributed by atoms with van der Waals surface area (Å²) in [6.45, 7) is 4.34. The van der Waals surface area contributed by atoms with Crippen molar-refractivity contribution in [1.82, 2.24) is 5.32 Å². The maximum absolute atomic E-state index is 13.2. The second-order valence-corrected chi connectivity index (χ2v) is 9.16. The molecule has 6 rings (SSSR count). The summed E-state index contributed by atoms with van der Waals surface area (Å²) in [5, 5.41) is 3.58. The fraction of sp³-hybridized carbons (Fsp3) is 0.333. The average molecular weight is 339 g/mol. The first kappa shape index (κ1) is 13.3. The van der Waals surface area contributed by atoms with Crippen molar-refractivity contribution in [2.75, 3.05) is 9.80 Å². The van der Waals surface area contributed by atoms with Crippen molar-refractivity contribution in [3.8, 4) is 0 Å². The Morgan fingerprint density at radius 1 is 1.04 bits per heavy atom. The van der Waals surface area contributed by atoms with Gasteiger partial charge < -0.3 is 15.1 Å². The fourth-order valence-corrected chi connectivity index (χ4v) is 6.50. The van der Waals surface area contributed by atoms with E-state index < -0.39 is 9.84 Å². The van der Waals surface area contributed by atoms with E-state index >= 15 is 0 Å². The lowest BCUT2D eigenvalue weighted by molar-refractivity contribution is 0.540. The molecule has 3 atom stereocenters. The molecule has 0 bridgehead atoms. The molecule has 3 unspecified atom stereocenters. The van der Waals surface area contributed by atoms with E-state index in [1.807, 2.05) is 12.1 Å². The highest BCUT2D eigenvalue weighted by Crippen LogP contribution is 2.62. The quantitative estimate of drug-likeness (QED) is 0.809. The first-order chi connectivity index (χ1) is 11.5. The van der Waals surface area contributed by atoms with Gasteiger partial charge in [0.1, 0.15) is 6.17 Å². The predicted molar refractivity (Wildman–Crippen MR) is 91.5 cm³/mol. The average Bonchev–Trinajstić information content (AvgIpc) is 3.27. The second-order valence-electron chi connectivity index (χ2n) is 7.28. The van der Waals surface area contributed by atoms with E-state index in [2.05, 4.69) is 41.1 Å². The Morgan fingerprint density at radius 2 is 1.75 bits per heavy atom. The Bertz CT molecular complexity index is 1030. The molecule has 2 aromatic rings. The van der Waals surface area contributed by atoms with Crippen molar-refractivity contribution in [3.63, 3.8) is 0 Å². The summed E-state index contributed by atoms with van der Waals surface area (Å²) in [5.74, 6) is 0. The predicted octanol–water partition coefficient (Wildman–Crippen LogP) is 2.55. The number of fused-ring (bicyclic) bond motifs is 3. The van der Waals surface area contributed by atoms with Gasteiger partial charge in [0, 0.05) is 6.04 Å². The highest BCUT2D eigenvalue weighted by molar-refractivity contribution is 7.92. The van der Waals surface area contributed by atoms with Crippen molar-refractivity contribution in [2.45, 2.75) is 47.9 Å². The third-order valence-electron chi connectivity index (χ3n) is 5.73. The zero-order valence-electron chi connectivity index (χ0n) is 13.4. The van der Waals surface area contributed by atoms with Crippen LogP contribution < -0.4 is 15.1 Å². The van der Waals surface area contributed by atoms with Gasteiger partial charge in [-0.1, -0.05) is 18.2 Å². The summed E-state index contributed by atoms with van der Waals surface area (Å²) >= 11 is 0. The van der Waals surface area contributed by atoms with Gasteiger partial charge in [-0.15, -0.1) is 0 Å². The Labute approximate surface area is 140 Å². The molecule has 0 saturated carbocycles. The van der Waals surface area contributed by atoms with Crippen LogP contribution in [0, 0.1) is 0 Å². The molecule has 4 heterocycles. The van der Waals surface area contributed by atoms with E-state index in [0.29, 0.717) is 21.9 Å². The topological polar surface area (TPSA) is 62.6 Å². The van der Waals surface area contributed by atoms with Crippen LogP contribution >= 0.6 is 0 Å². The minimum Gasteiger partial charge on any atom is -0.345 e. The van der Waals surface area contributed by atoms with Crippen LogP contribution in [0.1, 0.15) is 25.5 Å². The smallest absolute Gasteiger partial charge is 0.210 e. The standard InChI is InChI=1S/C18H17N3O2S/c1-9(2)20-11-6-4-8-13-17(11)21-16-10(14-15(19-14)18(20)21)5-3-7-12(16)24(13,22)23/h3-9,14-15,18-19H,1-2H3. The van der Waals surface area contributed by atoms with Gasteiger partial charge in [0.15, 0.2) is 0 Å². The lowest BCUT2D eigenvalue weighted by atomic mass is 9.99. The van der Waals surface area contributed by atoms with Gasteiger partial charge >= 0.3 is 0 Å². The lowest BCUT2D eigenvalue weighted by Gasteiger charge is -2.40. The molecular weight excluding hydrogens is 322 g/mol. The maximum Gasteiger partial charge on any atom is 0.210 e. The Balaban J connectivity index is 1.80. The Hall–Kier alpha value is -2.05. The van der Waals surface area contributed by atoms with Crippen LogP contribution in [0.15, 0.2) is 46.2 Å². The number of nitrogens with one attached hydrogen (secondary N) is 1. The third kappa shape index (κ3) is 1.24. The van der Waals surface area contributed by atoms with Crippen LogP contribution in [-0.4, -0.2) is 26.7 Å². The van der Waals surface area contributed by atoms with Gasteiger partial charge in [-0.3, -0.25) is 0 Å². The molecule has 0 amide bonds. The van der Waals surface area contributed by atoms with Gasteiger partial charge in [0.25, 0.3) is 0 Å². The van der Waals surface area contributed by atoms with E-state index in [9.17, 15) is 8.42 Å². The van der Waals surface area contributed by atoms with Crippen LogP contribution in [0.25, 0.3) is 0 Å². The summed E-state index contributed by atoms with van der Waals surface area (Å²) in [6.07, 6.45) is 0.148. The van der Waals surface area contributed by atoms with Crippen molar-refractivity contribution in [2.24, 2.45) is 0 Å². The molecule has 0 radical (unpaired) electrons. The number of hydrogen-bond donors (Lipinski definition) is 1. The summed E-state index contributed by atoms with van der Waals surface area (Å²) in [6, 6.07) is 12.3. The SMILES string of the molecule is CC(C)N1c2cccc3c2N2c4c(cccc4S3(=O)=O)C3NC3C21. The third-order valence-corrected chi connectivity index (χ3v) is 7.55. The molecule has 6 heteroatoms. The van der Waals surface area contributed by atoms with E-state index in [1.165, 1.54) is 0 Å². The van der Waals surface area contributed by atoms with Gasteiger partial charge in [-0.25, -0.2) is 8.42 Å². The summed E-state index contributed by atoms with van der Waals surface area (Å²) in [4.78, 5) is 5.54. The molecule has 1 fully saturated rings. The van der Waals surface area contributed by atoms with Crippen molar-refractivity contribution in [3.05, 3.63) is 42.0 Å². The molecule has 0 aromatic heterocycles. The highest BCUT2D eigenvalue weighted by Gasteiger charge is 2.60. The maximum atomic E-state index is 13.2. The number of benzene rings is 2. The summed E-state index contributed by atoms with van der Waals surface area (Å²) < 4.78 is 26.5. The van der Waals surface area contributed by atoms with E-state index in [1.54, 1.807) is 12.1 Å². The van der Waals surface area contributed by atoms with Gasteiger partial charge in [0.2, 0.25) is 9.84 Å². The van der Waals surface area contributed by atoms with Crippen LogP contribution in [0.3, 0.4) is 0 Å². The number of rotatable bonds is 1. The molecule has 1 saturated heterocycles. The Morgan fingerprint density at radius 3 is 2.50 bits per heavy atom. The number of para-hydroxylation sites is 2. The van der Waals surface area contributed by atoms with E-state index in [0.717, 1.165) is 22.6 Å². The number of sulfone groups is 1. The molecular formula is C18H17N3O2S. The van der Waals surface area contributed by atoms with Crippen molar-refractivity contribution >= 4 is 26.9 Å². The first-order valence-corrected chi connectivity index (χ1v) is 9.85. The molecule has 122 valence electrons. The number of anilines is 3. The fourth-order valence-electron chi connectivity index (χ4n) is 4.82. The minimum atomic E-state index is -3.48. The van der Waals surface area contributed by atoms with E-state index in [-0.39, 0.29) is 12.2 Å².